The molecule has 0 spiro atoms. The first-order valence-corrected chi connectivity index (χ1v) is 7.37. The molecule has 1 unspecified atom stereocenters. The van der Waals surface area contributed by atoms with Crippen molar-refractivity contribution in [2.24, 2.45) is 5.92 Å². The van der Waals surface area contributed by atoms with E-state index in [0.29, 0.717) is 11.7 Å². The molecule has 0 bridgehead atoms. The molecule has 3 heteroatoms. The number of methoxy groups -OCH3 is 1. The zero-order chi connectivity index (χ0) is 14.8. The molecule has 110 valence electrons. The third kappa shape index (κ3) is 3.13. The molecule has 3 nitrogen and oxygen atoms in total. The van der Waals surface area contributed by atoms with Crippen LogP contribution in [0.5, 0.6) is 11.5 Å². The number of rotatable bonds is 5. The third-order valence-corrected chi connectivity index (χ3v) is 4.10. The summed E-state index contributed by atoms with van der Waals surface area (Å²) in [5.74, 6) is 1.88. The Balaban J connectivity index is 1.82. The number of ether oxygens (including phenoxy) is 1. The Labute approximate surface area is 125 Å². The molecule has 1 fully saturated rings. The number of hydrogen-bond donors (Lipinski definition) is 2. The number of hydrogen-bond acceptors (Lipinski definition) is 3. The quantitative estimate of drug-likeness (QED) is 0.861. The minimum absolute atomic E-state index is 0.290. The van der Waals surface area contributed by atoms with E-state index >= 15 is 0 Å². The van der Waals surface area contributed by atoms with Gasteiger partial charge in [-0.25, -0.2) is 0 Å². The number of benzene rings is 2. The zero-order valence-electron chi connectivity index (χ0n) is 12.5. The van der Waals surface area contributed by atoms with Crippen LogP contribution in [0.3, 0.4) is 0 Å². The van der Waals surface area contributed by atoms with Crippen LogP contribution >= 0.6 is 0 Å². The topological polar surface area (TPSA) is 41.5 Å². The van der Waals surface area contributed by atoms with Crippen LogP contribution in [0, 0.1) is 12.8 Å². The highest BCUT2D eigenvalue weighted by atomic mass is 16.5. The van der Waals surface area contributed by atoms with Gasteiger partial charge in [-0.05, 0) is 55.0 Å². The maximum Gasteiger partial charge on any atom is 0.120 e. The molecular formula is C18H21NO2. The van der Waals surface area contributed by atoms with Gasteiger partial charge in [0, 0.05) is 11.8 Å². The molecule has 2 aromatic rings. The molecule has 0 saturated heterocycles. The summed E-state index contributed by atoms with van der Waals surface area (Å²) in [6, 6.07) is 14.3. The van der Waals surface area contributed by atoms with Crippen molar-refractivity contribution in [2.45, 2.75) is 25.8 Å². The summed E-state index contributed by atoms with van der Waals surface area (Å²) in [7, 11) is 1.68. The van der Waals surface area contributed by atoms with Crippen molar-refractivity contribution in [3.8, 4) is 11.5 Å². The number of nitrogens with one attached hydrogen (secondary N) is 1. The molecule has 0 aromatic heterocycles. The Hall–Kier alpha value is -2.16. The van der Waals surface area contributed by atoms with E-state index in [1.165, 1.54) is 18.4 Å². The van der Waals surface area contributed by atoms with Crippen LogP contribution in [0.2, 0.25) is 0 Å². The number of aromatic hydroxyl groups is 1. The fourth-order valence-corrected chi connectivity index (χ4v) is 2.59. The average Bonchev–Trinajstić information content (AvgIpc) is 3.33. The molecule has 0 heterocycles. The molecule has 0 amide bonds. The van der Waals surface area contributed by atoms with E-state index in [9.17, 15) is 5.11 Å². The van der Waals surface area contributed by atoms with Gasteiger partial charge in [0.05, 0.1) is 13.2 Å². The van der Waals surface area contributed by atoms with Crippen molar-refractivity contribution in [3.63, 3.8) is 0 Å². The molecule has 1 atom stereocenters. The van der Waals surface area contributed by atoms with Gasteiger partial charge in [-0.15, -0.1) is 0 Å². The molecule has 2 aromatic carbocycles. The van der Waals surface area contributed by atoms with Gasteiger partial charge in [0.25, 0.3) is 0 Å². The first kappa shape index (κ1) is 13.8. The second kappa shape index (κ2) is 5.68. The van der Waals surface area contributed by atoms with E-state index in [1.54, 1.807) is 13.2 Å². The Morgan fingerprint density at radius 2 is 1.86 bits per heavy atom. The first-order chi connectivity index (χ1) is 10.2. The van der Waals surface area contributed by atoms with Crippen molar-refractivity contribution in [1.82, 2.24) is 0 Å². The van der Waals surface area contributed by atoms with E-state index in [2.05, 4.69) is 17.4 Å². The predicted octanol–water partition coefficient (Wildman–Crippen LogP) is 4.27. The second-order valence-electron chi connectivity index (χ2n) is 5.73. The smallest absolute Gasteiger partial charge is 0.120 e. The molecule has 21 heavy (non-hydrogen) atoms. The van der Waals surface area contributed by atoms with Gasteiger partial charge in [0.15, 0.2) is 0 Å². The van der Waals surface area contributed by atoms with Gasteiger partial charge in [0.2, 0.25) is 0 Å². The Morgan fingerprint density at radius 1 is 1.14 bits per heavy atom. The third-order valence-electron chi connectivity index (χ3n) is 4.10. The summed E-state index contributed by atoms with van der Waals surface area (Å²) in [6.07, 6.45) is 2.50. The lowest BCUT2D eigenvalue weighted by molar-refractivity contribution is 0.414. The largest absolute Gasteiger partial charge is 0.508 e. The van der Waals surface area contributed by atoms with E-state index in [-0.39, 0.29) is 6.04 Å². The monoisotopic (exact) mass is 283 g/mol. The fourth-order valence-electron chi connectivity index (χ4n) is 2.59. The molecule has 1 aliphatic carbocycles. The number of phenols is 1. The van der Waals surface area contributed by atoms with Gasteiger partial charge in [-0.2, -0.15) is 0 Å². The number of phenolic OH excluding ortho intramolecular Hbond substituents is 1. The lowest BCUT2D eigenvalue weighted by Gasteiger charge is -2.21. The SMILES string of the molecule is COc1ccc(C(Nc2ccc(C)c(O)c2)C2CC2)cc1. The molecule has 0 aliphatic heterocycles. The van der Waals surface area contributed by atoms with E-state index in [0.717, 1.165) is 17.0 Å². The van der Waals surface area contributed by atoms with Crippen molar-refractivity contribution >= 4 is 5.69 Å². The summed E-state index contributed by atoms with van der Waals surface area (Å²) >= 11 is 0. The van der Waals surface area contributed by atoms with Crippen molar-refractivity contribution in [3.05, 3.63) is 53.6 Å². The normalized spacial score (nSPS) is 15.5. The minimum atomic E-state index is 0.290. The van der Waals surface area contributed by atoms with Gasteiger partial charge in [0.1, 0.15) is 11.5 Å². The molecular weight excluding hydrogens is 262 g/mol. The van der Waals surface area contributed by atoms with E-state index < -0.39 is 0 Å². The Bertz CT molecular complexity index is 618. The predicted molar refractivity (Wildman–Crippen MR) is 84.9 cm³/mol. The van der Waals surface area contributed by atoms with Gasteiger partial charge in [-0.3, -0.25) is 0 Å². The van der Waals surface area contributed by atoms with Crippen molar-refractivity contribution < 1.29 is 9.84 Å². The summed E-state index contributed by atoms with van der Waals surface area (Å²) in [5.41, 5.74) is 3.12. The lowest BCUT2D eigenvalue weighted by Crippen LogP contribution is -2.12. The van der Waals surface area contributed by atoms with Crippen molar-refractivity contribution in [1.29, 1.82) is 0 Å². The summed E-state index contributed by atoms with van der Waals surface area (Å²) in [6.45, 7) is 1.90. The maximum absolute atomic E-state index is 9.85. The van der Waals surface area contributed by atoms with Crippen LogP contribution in [0.25, 0.3) is 0 Å². The van der Waals surface area contributed by atoms with Crippen molar-refractivity contribution in [2.75, 3.05) is 12.4 Å². The van der Waals surface area contributed by atoms with Gasteiger partial charge in [-0.1, -0.05) is 18.2 Å². The zero-order valence-corrected chi connectivity index (χ0v) is 12.5. The van der Waals surface area contributed by atoms with Crippen LogP contribution in [-0.2, 0) is 0 Å². The fraction of sp³-hybridized carbons (Fsp3) is 0.333. The number of aryl methyl sites for hydroxylation is 1. The first-order valence-electron chi connectivity index (χ1n) is 7.37. The second-order valence-corrected chi connectivity index (χ2v) is 5.73. The molecule has 0 radical (unpaired) electrons. The molecule has 2 N–H and O–H groups in total. The average molecular weight is 283 g/mol. The van der Waals surface area contributed by atoms with Gasteiger partial charge < -0.3 is 15.2 Å². The Kier molecular flexibility index (Phi) is 3.74. The standard InChI is InChI=1S/C18H21NO2/c1-12-3-8-15(11-17(12)20)19-18(13-4-5-13)14-6-9-16(21-2)10-7-14/h3,6-11,13,18-20H,4-5H2,1-2H3. The highest BCUT2D eigenvalue weighted by molar-refractivity contribution is 5.52. The minimum Gasteiger partial charge on any atom is -0.508 e. The van der Waals surface area contributed by atoms with E-state index in [1.807, 2.05) is 31.2 Å². The molecule has 3 rings (SSSR count). The van der Waals surface area contributed by atoms with Crippen LogP contribution in [0.4, 0.5) is 5.69 Å². The highest BCUT2D eigenvalue weighted by Crippen LogP contribution is 2.43. The lowest BCUT2D eigenvalue weighted by atomic mass is 10.0. The molecule has 1 saturated carbocycles. The number of anilines is 1. The van der Waals surface area contributed by atoms with Crippen LogP contribution in [0.1, 0.15) is 30.0 Å². The van der Waals surface area contributed by atoms with Crippen LogP contribution in [0.15, 0.2) is 42.5 Å². The summed E-state index contributed by atoms with van der Waals surface area (Å²) < 4.78 is 5.22. The molecule has 1 aliphatic rings. The maximum atomic E-state index is 9.85. The van der Waals surface area contributed by atoms with Crippen LogP contribution < -0.4 is 10.1 Å². The highest BCUT2D eigenvalue weighted by Gasteiger charge is 2.32. The summed E-state index contributed by atoms with van der Waals surface area (Å²) in [5, 5.41) is 13.4. The summed E-state index contributed by atoms with van der Waals surface area (Å²) in [4.78, 5) is 0. The van der Waals surface area contributed by atoms with Crippen LogP contribution in [-0.4, -0.2) is 12.2 Å². The Morgan fingerprint density at radius 3 is 2.43 bits per heavy atom. The van der Waals surface area contributed by atoms with E-state index in [4.69, 9.17) is 4.74 Å². The van der Waals surface area contributed by atoms with Gasteiger partial charge >= 0.3 is 0 Å².